The van der Waals surface area contributed by atoms with Gasteiger partial charge in [-0.3, -0.25) is 0 Å². The highest BCUT2D eigenvalue weighted by Gasteiger charge is 2.02. The number of fused-ring (bicyclic) bond motifs is 1. The molecule has 0 aliphatic rings. The Morgan fingerprint density at radius 2 is 1.48 bits per heavy atom. The van der Waals surface area contributed by atoms with Crippen LogP contribution in [0.4, 0.5) is 4.39 Å². The first-order valence-corrected chi connectivity index (χ1v) is 6.90. The Kier molecular flexibility index (Phi) is 5.47. The fourth-order valence-corrected chi connectivity index (χ4v) is 2.10. The number of hydrogen-bond acceptors (Lipinski definition) is 4. The molecular weight excluding hydrogens is 361 g/mol. The molecule has 3 rings (SSSR count). The number of hydrogen-bond donors (Lipinski definition) is 0. The zero-order chi connectivity index (χ0) is 15.4. The maximum Gasteiger partial charge on any atom is 0.224 e. The third-order valence-corrected chi connectivity index (χ3v) is 3.11. The summed E-state index contributed by atoms with van der Waals surface area (Å²) in [6, 6.07) is 7.45. The van der Waals surface area contributed by atoms with E-state index in [9.17, 15) is 4.39 Å². The van der Waals surface area contributed by atoms with Gasteiger partial charge in [0.05, 0.1) is 11.7 Å². The van der Waals surface area contributed by atoms with Crippen molar-refractivity contribution < 1.29 is 4.39 Å². The average Bonchev–Trinajstić information content (AvgIpc) is 2.44. The van der Waals surface area contributed by atoms with E-state index >= 15 is 0 Å². The van der Waals surface area contributed by atoms with Crippen LogP contribution in [-0.4, -0.2) is 19.9 Å². The predicted molar refractivity (Wildman–Crippen MR) is 81.6 cm³/mol. The molecule has 2 aromatic heterocycles. The average molecular weight is 366 g/mol. The molecule has 0 saturated carbocycles. The summed E-state index contributed by atoms with van der Waals surface area (Å²) in [5.74, 6) is -0.666. The van der Waals surface area contributed by atoms with Crippen LogP contribution < -0.4 is 0 Å². The summed E-state index contributed by atoms with van der Waals surface area (Å²) in [5, 5.41) is 1.09. The van der Waals surface area contributed by atoms with Crippen molar-refractivity contribution in [1.82, 2.24) is 19.9 Å². The second-order valence-corrected chi connectivity index (χ2v) is 4.97. The summed E-state index contributed by atoms with van der Waals surface area (Å²) in [7, 11) is 0. The molecular formula is C12H5Cl4FN4. The molecule has 1 aromatic carbocycles. The summed E-state index contributed by atoms with van der Waals surface area (Å²) in [6.45, 7) is 0. The van der Waals surface area contributed by atoms with Crippen LogP contribution in [0, 0.1) is 5.82 Å². The maximum absolute atomic E-state index is 12.2. The van der Waals surface area contributed by atoms with Gasteiger partial charge in [-0.15, -0.1) is 0 Å². The van der Waals surface area contributed by atoms with E-state index in [0.717, 1.165) is 17.1 Å². The van der Waals surface area contributed by atoms with Gasteiger partial charge in [0, 0.05) is 5.39 Å². The van der Waals surface area contributed by atoms with Crippen LogP contribution >= 0.6 is 46.4 Å². The number of benzene rings is 1. The minimum atomic E-state index is -0.666. The molecule has 108 valence electrons. The lowest BCUT2D eigenvalue weighted by Crippen LogP contribution is -1.85. The van der Waals surface area contributed by atoms with Crippen LogP contribution in [0.15, 0.2) is 30.5 Å². The fourth-order valence-electron chi connectivity index (χ4n) is 1.34. The van der Waals surface area contributed by atoms with E-state index in [1.807, 2.05) is 24.3 Å². The standard InChI is InChI=1S/C8H4Cl2N2.C4HCl2FN2/c9-7-5-3-1-2-4-6(5)11-8(10)12-7;5-3-2(7)1-8-4(6)9-3/h1-4H;1H. The first-order valence-electron chi connectivity index (χ1n) is 5.38. The molecule has 0 fully saturated rings. The van der Waals surface area contributed by atoms with Crippen molar-refractivity contribution in [1.29, 1.82) is 0 Å². The van der Waals surface area contributed by atoms with E-state index in [1.54, 1.807) is 0 Å². The Morgan fingerprint density at radius 1 is 0.810 bits per heavy atom. The number of rotatable bonds is 0. The number of nitrogens with zero attached hydrogens (tertiary/aromatic N) is 4. The molecule has 0 aliphatic heterocycles. The van der Waals surface area contributed by atoms with Gasteiger partial charge in [-0.1, -0.05) is 35.3 Å². The molecule has 9 heteroatoms. The maximum atomic E-state index is 12.2. The highest BCUT2D eigenvalue weighted by Crippen LogP contribution is 2.20. The molecule has 2 heterocycles. The second-order valence-electron chi connectivity index (χ2n) is 3.58. The van der Waals surface area contributed by atoms with Gasteiger partial charge in [0.25, 0.3) is 0 Å². The Morgan fingerprint density at radius 3 is 2.14 bits per heavy atom. The molecule has 0 aliphatic carbocycles. The molecule has 21 heavy (non-hydrogen) atoms. The van der Waals surface area contributed by atoms with Crippen LogP contribution in [0.3, 0.4) is 0 Å². The molecule has 0 N–H and O–H groups in total. The van der Waals surface area contributed by atoms with E-state index < -0.39 is 5.82 Å². The quantitative estimate of drug-likeness (QED) is 0.421. The first-order chi connectivity index (χ1) is 9.97. The molecule has 0 spiro atoms. The molecule has 3 aromatic rings. The topological polar surface area (TPSA) is 51.6 Å². The van der Waals surface area contributed by atoms with Gasteiger partial charge in [0.2, 0.25) is 10.6 Å². The third kappa shape index (κ3) is 4.35. The van der Waals surface area contributed by atoms with Gasteiger partial charge in [-0.2, -0.15) is 0 Å². The van der Waals surface area contributed by atoms with Gasteiger partial charge in [0.15, 0.2) is 11.0 Å². The third-order valence-electron chi connectivity index (χ3n) is 2.20. The molecule has 0 saturated heterocycles. The Hall–Kier alpha value is -1.27. The predicted octanol–water partition coefficient (Wildman–Crippen LogP) is 4.86. The first kappa shape index (κ1) is 16.1. The van der Waals surface area contributed by atoms with Gasteiger partial charge in [-0.05, 0) is 35.3 Å². The highest BCUT2D eigenvalue weighted by atomic mass is 35.5. The van der Waals surface area contributed by atoms with E-state index in [0.29, 0.717) is 5.15 Å². The summed E-state index contributed by atoms with van der Waals surface area (Å²) >= 11 is 21.9. The second kappa shape index (κ2) is 7.13. The van der Waals surface area contributed by atoms with Crippen molar-refractivity contribution in [2.45, 2.75) is 0 Å². The minimum absolute atomic E-state index is 0.0543. The largest absolute Gasteiger partial charge is 0.224 e. The number of halogens is 5. The van der Waals surface area contributed by atoms with Crippen molar-refractivity contribution in [3.05, 3.63) is 57.2 Å². The lowest BCUT2D eigenvalue weighted by molar-refractivity contribution is 0.614. The SMILES string of the molecule is Clc1nc(Cl)c2ccccc2n1.Fc1cnc(Cl)nc1Cl. The Bertz CT molecular complexity index is 784. The van der Waals surface area contributed by atoms with Crippen LogP contribution in [0.5, 0.6) is 0 Å². The van der Waals surface area contributed by atoms with Crippen molar-refractivity contribution in [3.63, 3.8) is 0 Å². The molecule has 0 atom stereocenters. The van der Waals surface area contributed by atoms with Gasteiger partial charge in [-0.25, -0.2) is 24.3 Å². The monoisotopic (exact) mass is 364 g/mol. The summed E-state index contributed by atoms with van der Waals surface area (Å²) in [4.78, 5) is 14.5. The van der Waals surface area contributed by atoms with Crippen LogP contribution in [-0.2, 0) is 0 Å². The van der Waals surface area contributed by atoms with E-state index in [-0.39, 0.29) is 15.7 Å². The lowest BCUT2D eigenvalue weighted by atomic mass is 10.2. The van der Waals surface area contributed by atoms with E-state index in [2.05, 4.69) is 19.9 Å². The van der Waals surface area contributed by atoms with Crippen molar-refractivity contribution >= 4 is 57.3 Å². The Labute approximate surface area is 138 Å². The van der Waals surface area contributed by atoms with E-state index in [1.165, 1.54) is 0 Å². The highest BCUT2D eigenvalue weighted by molar-refractivity contribution is 6.35. The van der Waals surface area contributed by atoms with Gasteiger partial charge < -0.3 is 0 Å². The molecule has 4 nitrogen and oxygen atoms in total. The van der Waals surface area contributed by atoms with Crippen LogP contribution in [0.25, 0.3) is 10.9 Å². The van der Waals surface area contributed by atoms with Gasteiger partial charge >= 0.3 is 0 Å². The van der Waals surface area contributed by atoms with Crippen LogP contribution in [0.2, 0.25) is 20.9 Å². The summed E-state index contributed by atoms with van der Waals surface area (Å²) in [6.07, 6.45) is 0.914. The van der Waals surface area contributed by atoms with Crippen LogP contribution in [0.1, 0.15) is 0 Å². The zero-order valence-electron chi connectivity index (χ0n) is 10.1. The molecule has 0 unspecified atom stereocenters. The molecule has 0 radical (unpaired) electrons. The number of aromatic nitrogens is 4. The molecule has 0 amide bonds. The normalized spacial score (nSPS) is 10.1. The lowest BCUT2D eigenvalue weighted by Gasteiger charge is -1.97. The van der Waals surface area contributed by atoms with Crippen molar-refractivity contribution in [2.75, 3.05) is 0 Å². The summed E-state index contributed by atoms with van der Waals surface area (Å²) < 4.78 is 12.2. The van der Waals surface area contributed by atoms with Crippen molar-refractivity contribution in [3.8, 4) is 0 Å². The molecule has 0 bridgehead atoms. The Balaban J connectivity index is 0.000000161. The zero-order valence-corrected chi connectivity index (χ0v) is 13.1. The summed E-state index contributed by atoms with van der Waals surface area (Å²) in [5.41, 5.74) is 0.766. The van der Waals surface area contributed by atoms with Gasteiger partial charge in [0.1, 0.15) is 5.15 Å². The minimum Gasteiger partial charge on any atom is -0.223 e. The van der Waals surface area contributed by atoms with Crippen molar-refractivity contribution in [2.24, 2.45) is 0 Å². The fraction of sp³-hybridized carbons (Fsp3) is 0. The smallest absolute Gasteiger partial charge is 0.223 e. The number of para-hydroxylation sites is 1. The van der Waals surface area contributed by atoms with E-state index in [4.69, 9.17) is 46.4 Å².